The summed E-state index contributed by atoms with van der Waals surface area (Å²) in [6, 6.07) is 10.5. The minimum Gasteiger partial charge on any atom is -0.454 e. The van der Waals surface area contributed by atoms with E-state index in [-0.39, 0.29) is 18.5 Å². The smallest absolute Gasteiger partial charge is 0.349 e. The van der Waals surface area contributed by atoms with Gasteiger partial charge in [-0.05, 0) is 35.9 Å². The van der Waals surface area contributed by atoms with E-state index in [1.54, 1.807) is 25.2 Å². The Labute approximate surface area is 148 Å². The molecule has 8 heteroatoms. The van der Waals surface area contributed by atoms with Gasteiger partial charge in [0.1, 0.15) is 5.82 Å². The highest BCUT2D eigenvalue weighted by atomic mass is 16.7. The maximum Gasteiger partial charge on any atom is 0.349 e. The van der Waals surface area contributed by atoms with Crippen LogP contribution < -0.4 is 26.2 Å². The van der Waals surface area contributed by atoms with E-state index >= 15 is 0 Å². The molecule has 0 fully saturated rings. The summed E-state index contributed by atoms with van der Waals surface area (Å²) in [5, 5.41) is 3.41. The molecule has 2 heterocycles. The third-order valence-electron chi connectivity index (χ3n) is 4.29. The molecule has 0 saturated carbocycles. The zero-order valence-corrected chi connectivity index (χ0v) is 14.0. The summed E-state index contributed by atoms with van der Waals surface area (Å²) >= 11 is 0. The maximum atomic E-state index is 12.5. The van der Waals surface area contributed by atoms with Crippen LogP contribution in [0.2, 0.25) is 0 Å². The molecule has 3 aromatic rings. The Kier molecular flexibility index (Phi) is 3.72. The number of hydrogen-bond acceptors (Lipinski definition) is 6. The van der Waals surface area contributed by atoms with E-state index in [9.17, 15) is 9.59 Å². The predicted octanol–water partition coefficient (Wildman–Crippen LogP) is 1.17. The number of fused-ring (bicyclic) bond motifs is 2. The number of aromatic nitrogens is 2. The molecule has 1 aliphatic rings. The number of carbonyl (C=O) groups is 1. The minimum absolute atomic E-state index is 0.105. The topological polar surface area (TPSA) is 108 Å². The van der Waals surface area contributed by atoms with Crippen LogP contribution >= 0.6 is 0 Å². The normalized spacial score (nSPS) is 12.3. The number of carbonyl (C=O) groups excluding carboxylic acids is 1. The highest BCUT2D eigenvalue weighted by Crippen LogP contribution is 2.32. The molecule has 1 aromatic heterocycles. The van der Waals surface area contributed by atoms with Crippen molar-refractivity contribution in [1.82, 2.24) is 14.9 Å². The number of benzene rings is 2. The highest BCUT2D eigenvalue weighted by molar-refractivity contribution is 6.00. The number of ether oxygens (including phenoxy) is 2. The lowest BCUT2D eigenvalue weighted by Gasteiger charge is -2.09. The summed E-state index contributed by atoms with van der Waals surface area (Å²) in [6.45, 7) is 0.550. The van der Waals surface area contributed by atoms with Crippen LogP contribution in [0.25, 0.3) is 10.9 Å². The maximum absolute atomic E-state index is 12.5. The van der Waals surface area contributed by atoms with Gasteiger partial charge >= 0.3 is 5.69 Å². The van der Waals surface area contributed by atoms with Crippen LogP contribution in [0.1, 0.15) is 15.9 Å². The molecule has 26 heavy (non-hydrogen) atoms. The Morgan fingerprint density at radius 3 is 2.88 bits per heavy atom. The number of hydrogen-bond donors (Lipinski definition) is 2. The zero-order chi connectivity index (χ0) is 18.3. The Morgan fingerprint density at radius 2 is 2.04 bits per heavy atom. The van der Waals surface area contributed by atoms with Crippen LogP contribution in [0.3, 0.4) is 0 Å². The lowest BCUT2D eigenvalue weighted by molar-refractivity contribution is 0.0951. The molecule has 1 aliphatic heterocycles. The first-order valence-electron chi connectivity index (χ1n) is 7.96. The molecule has 0 bridgehead atoms. The van der Waals surface area contributed by atoms with Crippen molar-refractivity contribution in [2.24, 2.45) is 7.05 Å². The van der Waals surface area contributed by atoms with Gasteiger partial charge in [-0.15, -0.1) is 0 Å². The fourth-order valence-electron chi connectivity index (χ4n) is 2.85. The number of nitrogens with zero attached hydrogens (tertiary/aromatic N) is 2. The largest absolute Gasteiger partial charge is 0.454 e. The van der Waals surface area contributed by atoms with Gasteiger partial charge in [0.25, 0.3) is 5.91 Å². The molecule has 0 unspecified atom stereocenters. The Balaban J connectivity index is 1.55. The van der Waals surface area contributed by atoms with Crippen molar-refractivity contribution >= 4 is 22.6 Å². The average Bonchev–Trinajstić information content (AvgIpc) is 3.11. The van der Waals surface area contributed by atoms with Gasteiger partial charge in [-0.2, -0.15) is 4.98 Å². The number of nitrogens with two attached hydrogens (primary N) is 1. The summed E-state index contributed by atoms with van der Waals surface area (Å²) in [6.07, 6.45) is 0. The SMILES string of the molecule is Cn1c(=O)nc(N)c2cc(C(=O)NCc3ccc4c(c3)OCO4)ccc21. The van der Waals surface area contributed by atoms with Crippen LogP contribution in [-0.2, 0) is 13.6 Å². The molecule has 2 aromatic carbocycles. The molecule has 8 nitrogen and oxygen atoms in total. The summed E-state index contributed by atoms with van der Waals surface area (Å²) in [7, 11) is 1.61. The lowest BCUT2D eigenvalue weighted by atomic mass is 10.1. The zero-order valence-electron chi connectivity index (χ0n) is 14.0. The minimum atomic E-state index is -0.435. The number of anilines is 1. The monoisotopic (exact) mass is 352 g/mol. The number of aryl methyl sites for hydroxylation is 1. The van der Waals surface area contributed by atoms with Crippen molar-refractivity contribution in [3.8, 4) is 11.5 Å². The van der Waals surface area contributed by atoms with Gasteiger partial charge in [0.2, 0.25) is 6.79 Å². The quantitative estimate of drug-likeness (QED) is 0.733. The number of rotatable bonds is 3. The number of nitrogen functional groups attached to an aromatic ring is 1. The van der Waals surface area contributed by atoms with Crippen molar-refractivity contribution in [3.05, 3.63) is 58.0 Å². The van der Waals surface area contributed by atoms with Gasteiger partial charge in [0, 0.05) is 24.5 Å². The summed E-state index contributed by atoms with van der Waals surface area (Å²) in [5.74, 6) is 1.22. The number of amides is 1. The van der Waals surface area contributed by atoms with Gasteiger partial charge in [-0.1, -0.05) is 6.07 Å². The molecular formula is C18H16N4O4. The van der Waals surface area contributed by atoms with E-state index in [1.807, 2.05) is 18.2 Å². The third kappa shape index (κ3) is 2.71. The van der Waals surface area contributed by atoms with E-state index in [0.29, 0.717) is 34.5 Å². The fraction of sp³-hybridized carbons (Fsp3) is 0.167. The molecule has 0 radical (unpaired) electrons. The lowest BCUT2D eigenvalue weighted by Crippen LogP contribution is -2.24. The van der Waals surface area contributed by atoms with E-state index < -0.39 is 5.69 Å². The molecule has 132 valence electrons. The van der Waals surface area contributed by atoms with Crippen LogP contribution in [0.5, 0.6) is 11.5 Å². The molecule has 0 spiro atoms. The van der Waals surface area contributed by atoms with Crippen molar-refractivity contribution in [2.45, 2.75) is 6.54 Å². The Hall–Kier alpha value is -3.55. The van der Waals surface area contributed by atoms with E-state index in [0.717, 1.165) is 5.56 Å². The van der Waals surface area contributed by atoms with Crippen LogP contribution in [0, 0.1) is 0 Å². The van der Waals surface area contributed by atoms with Crippen molar-refractivity contribution in [3.63, 3.8) is 0 Å². The van der Waals surface area contributed by atoms with Crippen LogP contribution in [0.15, 0.2) is 41.2 Å². The van der Waals surface area contributed by atoms with Gasteiger partial charge in [0.05, 0.1) is 5.52 Å². The Morgan fingerprint density at radius 1 is 1.23 bits per heavy atom. The summed E-state index contributed by atoms with van der Waals surface area (Å²) in [5.41, 5.74) is 7.35. The van der Waals surface area contributed by atoms with Crippen LogP contribution in [0.4, 0.5) is 5.82 Å². The second kappa shape index (κ2) is 6.07. The van der Waals surface area contributed by atoms with E-state index in [4.69, 9.17) is 15.2 Å². The molecule has 1 amide bonds. The van der Waals surface area contributed by atoms with Gasteiger partial charge < -0.3 is 20.5 Å². The second-order valence-electron chi connectivity index (χ2n) is 5.94. The fourth-order valence-corrected chi connectivity index (χ4v) is 2.85. The van der Waals surface area contributed by atoms with Gasteiger partial charge in [-0.25, -0.2) is 4.79 Å². The Bertz CT molecular complexity index is 1090. The second-order valence-corrected chi connectivity index (χ2v) is 5.94. The first-order chi connectivity index (χ1) is 12.5. The molecular weight excluding hydrogens is 336 g/mol. The third-order valence-corrected chi connectivity index (χ3v) is 4.29. The van der Waals surface area contributed by atoms with Crippen LogP contribution in [-0.4, -0.2) is 22.3 Å². The number of nitrogens with one attached hydrogen (secondary N) is 1. The molecule has 0 atom stereocenters. The highest BCUT2D eigenvalue weighted by Gasteiger charge is 2.14. The average molecular weight is 352 g/mol. The first-order valence-corrected chi connectivity index (χ1v) is 7.96. The molecule has 0 saturated heterocycles. The first kappa shape index (κ1) is 15.9. The standard InChI is InChI=1S/C18H16N4O4/c1-22-13-4-3-11(7-12(13)16(19)21-18(22)24)17(23)20-8-10-2-5-14-15(6-10)26-9-25-14/h2-7H,8-9H2,1H3,(H,20,23)(H2,19,21,24). The van der Waals surface area contributed by atoms with E-state index in [2.05, 4.69) is 10.3 Å². The van der Waals surface area contributed by atoms with Gasteiger partial charge in [0.15, 0.2) is 11.5 Å². The van der Waals surface area contributed by atoms with Crippen molar-refractivity contribution < 1.29 is 14.3 Å². The predicted molar refractivity (Wildman–Crippen MR) is 95.1 cm³/mol. The van der Waals surface area contributed by atoms with Crippen molar-refractivity contribution in [2.75, 3.05) is 12.5 Å². The van der Waals surface area contributed by atoms with Crippen molar-refractivity contribution in [1.29, 1.82) is 0 Å². The molecule has 0 aliphatic carbocycles. The molecule has 3 N–H and O–H groups in total. The van der Waals surface area contributed by atoms with Gasteiger partial charge in [-0.3, -0.25) is 9.36 Å². The van der Waals surface area contributed by atoms with E-state index in [1.165, 1.54) is 4.57 Å². The summed E-state index contributed by atoms with van der Waals surface area (Å²) in [4.78, 5) is 27.9. The summed E-state index contributed by atoms with van der Waals surface area (Å²) < 4.78 is 12.0. The molecule has 4 rings (SSSR count).